The Morgan fingerprint density at radius 2 is 1.80 bits per heavy atom. The average molecular weight is 337 g/mol. The molecule has 3 aromatic rings. The molecule has 0 aliphatic heterocycles. The maximum Gasteiger partial charge on any atom is 0.293 e. The van der Waals surface area contributed by atoms with Gasteiger partial charge in [-0.1, -0.05) is 12.1 Å². The Kier molecular flexibility index (Phi) is 4.47. The van der Waals surface area contributed by atoms with E-state index >= 15 is 0 Å². The molecule has 1 amide bonds. The number of benzene rings is 2. The van der Waals surface area contributed by atoms with E-state index in [-0.39, 0.29) is 11.6 Å². The van der Waals surface area contributed by atoms with E-state index in [9.17, 15) is 14.9 Å². The van der Waals surface area contributed by atoms with E-state index in [1.54, 1.807) is 67.9 Å². The summed E-state index contributed by atoms with van der Waals surface area (Å²) in [5, 5.41) is 14.0. The lowest BCUT2D eigenvalue weighted by molar-refractivity contribution is -0.384. The minimum atomic E-state index is -0.472. The maximum atomic E-state index is 12.6. The molecule has 0 spiro atoms. The number of carbonyl (C=O) groups is 1. The number of amides is 1. The first-order chi connectivity index (χ1) is 12.1. The van der Waals surface area contributed by atoms with Crippen LogP contribution >= 0.6 is 0 Å². The Bertz CT molecular complexity index is 916. The molecule has 126 valence electrons. The van der Waals surface area contributed by atoms with E-state index in [0.717, 1.165) is 0 Å². The van der Waals surface area contributed by atoms with Crippen LogP contribution in [-0.4, -0.2) is 22.5 Å². The van der Waals surface area contributed by atoms with Crippen molar-refractivity contribution in [3.05, 3.63) is 82.7 Å². The molecule has 0 aliphatic carbocycles. The number of methoxy groups -OCH3 is 1. The lowest BCUT2D eigenvalue weighted by Crippen LogP contribution is -2.16. The third kappa shape index (κ3) is 3.35. The molecule has 0 radical (unpaired) electrons. The van der Waals surface area contributed by atoms with Crippen molar-refractivity contribution in [2.75, 3.05) is 12.4 Å². The highest BCUT2D eigenvalue weighted by atomic mass is 16.6. The first-order valence-electron chi connectivity index (χ1n) is 7.46. The largest absolute Gasteiger partial charge is 0.497 e. The lowest BCUT2D eigenvalue weighted by atomic mass is 10.2. The predicted octanol–water partition coefficient (Wildman–Crippen LogP) is 3.65. The number of hydrogen-bond donors (Lipinski definition) is 1. The highest BCUT2D eigenvalue weighted by molar-refractivity contribution is 6.03. The van der Waals surface area contributed by atoms with Crippen LogP contribution in [0.5, 0.6) is 5.75 Å². The third-order valence-corrected chi connectivity index (χ3v) is 3.67. The van der Waals surface area contributed by atoms with Crippen molar-refractivity contribution in [1.82, 2.24) is 4.57 Å². The Hall–Kier alpha value is -3.61. The molecular weight excluding hydrogens is 322 g/mol. The van der Waals surface area contributed by atoms with Gasteiger partial charge in [0.2, 0.25) is 0 Å². The van der Waals surface area contributed by atoms with Crippen molar-refractivity contribution >= 4 is 17.3 Å². The van der Waals surface area contributed by atoms with Crippen LogP contribution in [0.15, 0.2) is 66.9 Å². The van der Waals surface area contributed by atoms with Crippen LogP contribution in [0.2, 0.25) is 0 Å². The standard InChI is InChI=1S/C18H15N3O4/c1-25-14-10-8-13(9-11-14)19-18(22)17-7-4-12-20(17)15-5-2-3-6-16(15)21(23)24/h2-12H,1H3,(H,19,22). The molecule has 0 saturated heterocycles. The first kappa shape index (κ1) is 16.3. The summed E-state index contributed by atoms with van der Waals surface area (Å²) in [7, 11) is 1.56. The Morgan fingerprint density at radius 1 is 1.08 bits per heavy atom. The number of para-hydroxylation sites is 2. The van der Waals surface area contributed by atoms with Crippen LogP contribution < -0.4 is 10.1 Å². The van der Waals surface area contributed by atoms with Gasteiger partial charge in [-0.2, -0.15) is 0 Å². The molecule has 7 heteroatoms. The van der Waals surface area contributed by atoms with Crippen LogP contribution in [0.1, 0.15) is 10.5 Å². The van der Waals surface area contributed by atoms with Crippen molar-refractivity contribution in [2.45, 2.75) is 0 Å². The Balaban J connectivity index is 1.91. The number of ether oxygens (including phenoxy) is 1. The van der Waals surface area contributed by atoms with Gasteiger partial charge in [0, 0.05) is 18.0 Å². The number of hydrogen-bond acceptors (Lipinski definition) is 4. The topological polar surface area (TPSA) is 86.4 Å². The van der Waals surface area contributed by atoms with E-state index in [1.165, 1.54) is 10.6 Å². The van der Waals surface area contributed by atoms with Crippen LogP contribution in [-0.2, 0) is 0 Å². The number of carbonyl (C=O) groups excluding carboxylic acids is 1. The second-order valence-electron chi connectivity index (χ2n) is 5.19. The minimum absolute atomic E-state index is 0.0720. The van der Waals surface area contributed by atoms with E-state index in [1.807, 2.05) is 0 Å². The molecule has 25 heavy (non-hydrogen) atoms. The summed E-state index contributed by atoms with van der Waals surface area (Å²) in [5.41, 5.74) is 1.15. The summed E-state index contributed by atoms with van der Waals surface area (Å²) < 4.78 is 6.58. The van der Waals surface area contributed by atoms with Crippen molar-refractivity contribution in [3.63, 3.8) is 0 Å². The molecule has 0 bridgehead atoms. The van der Waals surface area contributed by atoms with Crippen LogP contribution in [0.4, 0.5) is 11.4 Å². The van der Waals surface area contributed by atoms with Crippen LogP contribution in [0.3, 0.4) is 0 Å². The van der Waals surface area contributed by atoms with E-state index < -0.39 is 4.92 Å². The second kappa shape index (κ2) is 6.88. The molecule has 0 unspecified atom stereocenters. The van der Waals surface area contributed by atoms with Crippen molar-refractivity contribution in [2.24, 2.45) is 0 Å². The van der Waals surface area contributed by atoms with Gasteiger partial charge >= 0.3 is 0 Å². The fraction of sp³-hybridized carbons (Fsp3) is 0.0556. The number of aromatic nitrogens is 1. The molecule has 1 aromatic heterocycles. The van der Waals surface area contributed by atoms with Crippen molar-refractivity contribution in [3.8, 4) is 11.4 Å². The fourth-order valence-corrected chi connectivity index (χ4v) is 2.47. The number of nitro benzene ring substituents is 1. The molecule has 0 atom stereocenters. The SMILES string of the molecule is COc1ccc(NC(=O)c2cccn2-c2ccccc2[N+](=O)[O-])cc1. The highest BCUT2D eigenvalue weighted by Crippen LogP contribution is 2.24. The number of nitrogens with zero attached hydrogens (tertiary/aromatic N) is 2. The van der Waals surface area contributed by atoms with Gasteiger partial charge in [0.15, 0.2) is 0 Å². The van der Waals surface area contributed by atoms with Gasteiger partial charge in [0.05, 0.1) is 12.0 Å². The molecular formula is C18H15N3O4. The second-order valence-corrected chi connectivity index (χ2v) is 5.19. The van der Waals surface area contributed by atoms with E-state index in [2.05, 4.69) is 5.32 Å². The summed E-state index contributed by atoms with van der Waals surface area (Å²) >= 11 is 0. The molecule has 0 saturated carbocycles. The summed E-state index contributed by atoms with van der Waals surface area (Å²) in [6.45, 7) is 0. The van der Waals surface area contributed by atoms with Gasteiger partial charge in [0.1, 0.15) is 17.1 Å². The van der Waals surface area contributed by atoms with Gasteiger partial charge in [-0.25, -0.2) is 0 Å². The maximum absolute atomic E-state index is 12.6. The highest BCUT2D eigenvalue weighted by Gasteiger charge is 2.19. The molecule has 2 aromatic carbocycles. The Labute approximate surface area is 143 Å². The summed E-state index contributed by atoms with van der Waals surface area (Å²) in [6, 6.07) is 16.4. The van der Waals surface area contributed by atoms with Gasteiger partial charge in [-0.05, 0) is 42.5 Å². The van der Waals surface area contributed by atoms with Crippen molar-refractivity contribution in [1.29, 1.82) is 0 Å². The summed E-state index contributed by atoms with van der Waals surface area (Å²) in [5.74, 6) is 0.314. The lowest BCUT2D eigenvalue weighted by Gasteiger charge is -2.10. The fourth-order valence-electron chi connectivity index (χ4n) is 2.47. The summed E-state index contributed by atoms with van der Waals surface area (Å²) in [4.78, 5) is 23.3. The molecule has 1 N–H and O–H groups in total. The normalized spacial score (nSPS) is 10.3. The molecule has 0 fully saturated rings. The third-order valence-electron chi connectivity index (χ3n) is 3.67. The summed E-state index contributed by atoms with van der Waals surface area (Å²) in [6.07, 6.45) is 1.62. The zero-order valence-electron chi connectivity index (χ0n) is 13.4. The number of rotatable bonds is 5. The molecule has 1 heterocycles. The molecule has 0 aliphatic rings. The van der Waals surface area contributed by atoms with Gasteiger partial charge in [0.25, 0.3) is 11.6 Å². The molecule has 3 rings (SSSR count). The first-order valence-corrected chi connectivity index (χ1v) is 7.46. The van der Waals surface area contributed by atoms with Gasteiger partial charge < -0.3 is 14.6 Å². The zero-order chi connectivity index (χ0) is 17.8. The monoisotopic (exact) mass is 337 g/mol. The number of nitro groups is 1. The van der Waals surface area contributed by atoms with Crippen LogP contribution in [0.25, 0.3) is 5.69 Å². The van der Waals surface area contributed by atoms with E-state index in [0.29, 0.717) is 22.8 Å². The Morgan fingerprint density at radius 3 is 2.48 bits per heavy atom. The van der Waals surface area contributed by atoms with Gasteiger partial charge in [-0.3, -0.25) is 14.9 Å². The van der Waals surface area contributed by atoms with Gasteiger partial charge in [-0.15, -0.1) is 0 Å². The number of anilines is 1. The minimum Gasteiger partial charge on any atom is -0.497 e. The average Bonchev–Trinajstić information content (AvgIpc) is 3.12. The quantitative estimate of drug-likeness (QED) is 0.569. The smallest absolute Gasteiger partial charge is 0.293 e. The van der Waals surface area contributed by atoms with Crippen LogP contribution in [0, 0.1) is 10.1 Å². The number of nitrogens with one attached hydrogen (secondary N) is 1. The zero-order valence-corrected chi connectivity index (χ0v) is 13.4. The predicted molar refractivity (Wildman–Crippen MR) is 93.4 cm³/mol. The van der Waals surface area contributed by atoms with Crippen molar-refractivity contribution < 1.29 is 14.5 Å². The van der Waals surface area contributed by atoms with E-state index in [4.69, 9.17) is 4.74 Å². The molecule has 7 nitrogen and oxygen atoms in total.